The van der Waals surface area contributed by atoms with Gasteiger partial charge in [0.1, 0.15) is 0 Å². The predicted molar refractivity (Wildman–Crippen MR) is 91.6 cm³/mol. The van der Waals surface area contributed by atoms with Gasteiger partial charge < -0.3 is 9.88 Å². The number of rotatable bonds is 5. The number of amides is 1. The topological polar surface area (TPSA) is 81.1 Å². The highest BCUT2D eigenvalue weighted by atomic mass is 32.2. The fourth-order valence-electron chi connectivity index (χ4n) is 2.43. The number of carbonyl (C=O) groups is 1. The Hall–Kier alpha value is -2.67. The van der Waals surface area contributed by atoms with E-state index >= 15 is 0 Å². The lowest BCUT2D eigenvalue weighted by Gasteiger charge is -2.07. The van der Waals surface area contributed by atoms with E-state index in [9.17, 15) is 13.2 Å². The zero-order valence-corrected chi connectivity index (χ0v) is 14.0. The fraction of sp³-hybridized carbons (Fsp3) is 0.176. The zero-order valence-electron chi connectivity index (χ0n) is 13.1. The van der Waals surface area contributed by atoms with Crippen molar-refractivity contribution in [1.82, 2.24) is 14.9 Å². The van der Waals surface area contributed by atoms with Crippen LogP contribution in [-0.4, -0.2) is 36.7 Å². The minimum atomic E-state index is -3.25. The van der Waals surface area contributed by atoms with Crippen LogP contribution in [-0.2, 0) is 16.4 Å². The van der Waals surface area contributed by atoms with E-state index < -0.39 is 9.84 Å². The van der Waals surface area contributed by atoms with Crippen molar-refractivity contribution in [3.63, 3.8) is 0 Å². The van der Waals surface area contributed by atoms with Crippen molar-refractivity contribution < 1.29 is 13.2 Å². The molecule has 0 saturated carbocycles. The molecular weight excluding hydrogens is 326 g/mol. The molecule has 1 N–H and O–H groups in total. The minimum absolute atomic E-state index is 0.198. The van der Waals surface area contributed by atoms with E-state index in [1.807, 2.05) is 28.8 Å². The first kappa shape index (κ1) is 16.2. The van der Waals surface area contributed by atoms with Crippen molar-refractivity contribution in [3.05, 3.63) is 60.4 Å². The lowest BCUT2D eigenvalue weighted by Crippen LogP contribution is -2.27. The van der Waals surface area contributed by atoms with Crippen molar-refractivity contribution in [3.8, 4) is 0 Å². The van der Waals surface area contributed by atoms with Crippen LogP contribution in [0.1, 0.15) is 10.4 Å². The number of hydrogen-bond acceptors (Lipinski definition) is 4. The van der Waals surface area contributed by atoms with E-state index in [0.29, 0.717) is 18.7 Å². The molecule has 3 aromatic rings. The van der Waals surface area contributed by atoms with Crippen LogP contribution in [0.3, 0.4) is 0 Å². The van der Waals surface area contributed by atoms with Gasteiger partial charge in [-0.2, -0.15) is 0 Å². The first-order valence-corrected chi connectivity index (χ1v) is 9.32. The quantitative estimate of drug-likeness (QED) is 0.767. The summed E-state index contributed by atoms with van der Waals surface area (Å²) in [6.45, 7) is 1.06. The third-order valence-corrected chi connectivity index (χ3v) is 4.84. The van der Waals surface area contributed by atoms with Gasteiger partial charge in [0.25, 0.3) is 5.91 Å². The summed E-state index contributed by atoms with van der Waals surface area (Å²) >= 11 is 0. The molecule has 0 radical (unpaired) electrons. The van der Waals surface area contributed by atoms with Gasteiger partial charge in [0, 0.05) is 24.9 Å². The van der Waals surface area contributed by atoms with Gasteiger partial charge in [0.05, 0.1) is 22.3 Å². The highest BCUT2D eigenvalue weighted by Crippen LogP contribution is 2.12. The van der Waals surface area contributed by atoms with Gasteiger partial charge in [-0.3, -0.25) is 4.79 Å². The number of hydrogen-bond donors (Lipinski definition) is 1. The molecule has 0 aliphatic heterocycles. The molecule has 6 nitrogen and oxygen atoms in total. The Bertz CT molecular complexity index is 976. The van der Waals surface area contributed by atoms with Gasteiger partial charge >= 0.3 is 0 Å². The summed E-state index contributed by atoms with van der Waals surface area (Å²) in [4.78, 5) is 16.6. The van der Waals surface area contributed by atoms with Crippen molar-refractivity contribution in [2.75, 3.05) is 12.8 Å². The van der Waals surface area contributed by atoms with Gasteiger partial charge in [0.2, 0.25) is 0 Å². The highest BCUT2D eigenvalue weighted by molar-refractivity contribution is 7.90. The Kier molecular flexibility index (Phi) is 4.35. The third kappa shape index (κ3) is 3.46. The zero-order chi connectivity index (χ0) is 17.2. The summed E-state index contributed by atoms with van der Waals surface area (Å²) in [6.07, 6.45) is 2.88. The fourth-order valence-corrected chi connectivity index (χ4v) is 3.06. The van der Waals surface area contributed by atoms with Gasteiger partial charge in [-0.25, -0.2) is 13.4 Å². The Labute approximate surface area is 140 Å². The van der Waals surface area contributed by atoms with Crippen LogP contribution in [0, 0.1) is 0 Å². The number of nitrogens with one attached hydrogen (secondary N) is 1. The molecule has 7 heteroatoms. The lowest BCUT2D eigenvalue weighted by atomic mass is 10.2. The standard InChI is InChI=1S/C17H17N3O3S/c1-24(22,23)14-8-6-13(7-9-14)17(21)18-10-11-20-12-19-15-4-2-3-5-16(15)20/h2-9,12H,10-11H2,1H3,(H,18,21). The van der Waals surface area contributed by atoms with E-state index in [0.717, 1.165) is 17.3 Å². The molecule has 0 aliphatic carbocycles. The molecule has 0 saturated heterocycles. The van der Waals surface area contributed by atoms with Crippen molar-refractivity contribution in [2.24, 2.45) is 0 Å². The SMILES string of the molecule is CS(=O)(=O)c1ccc(C(=O)NCCn2cnc3ccccc32)cc1. The second-order valence-electron chi connectivity index (χ2n) is 5.48. The summed E-state index contributed by atoms with van der Waals surface area (Å²) in [5.41, 5.74) is 2.36. The average Bonchev–Trinajstić information content (AvgIpc) is 2.97. The number of para-hydroxylation sites is 2. The maximum Gasteiger partial charge on any atom is 0.251 e. The van der Waals surface area contributed by atoms with Crippen LogP contribution in [0.25, 0.3) is 11.0 Å². The van der Waals surface area contributed by atoms with E-state index in [2.05, 4.69) is 10.3 Å². The van der Waals surface area contributed by atoms with E-state index in [1.165, 1.54) is 24.3 Å². The maximum absolute atomic E-state index is 12.1. The first-order chi connectivity index (χ1) is 11.4. The number of sulfone groups is 1. The molecule has 1 amide bonds. The Morgan fingerprint density at radius 1 is 1.12 bits per heavy atom. The van der Waals surface area contributed by atoms with E-state index in [4.69, 9.17) is 0 Å². The smallest absolute Gasteiger partial charge is 0.251 e. The molecule has 2 aromatic carbocycles. The van der Waals surface area contributed by atoms with Crippen molar-refractivity contribution >= 4 is 26.8 Å². The molecule has 1 aromatic heterocycles. The number of benzene rings is 2. The molecule has 0 spiro atoms. The highest BCUT2D eigenvalue weighted by Gasteiger charge is 2.10. The first-order valence-electron chi connectivity index (χ1n) is 7.43. The second kappa shape index (κ2) is 6.45. The summed E-state index contributed by atoms with van der Waals surface area (Å²) in [5, 5.41) is 2.82. The molecule has 124 valence electrons. The number of fused-ring (bicyclic) bond motifs is 1. The normalized spacial score (nSPS) is 11.5. The molecular formula is C17H17N3O3S. The Balaban J connectivity index is 1.61. The summed E-state index contributed by atoms with van der Waals surface area (Å²) < 4.78 is 24.8. The van der Waals surface area contributed by atoms with Crippen molar-refractivity contribution in [1.29, 1.82) is 0 Å². The average molecular weight is 343 g/mol. The van der Waals surface area contributed by atoms with Crippen LogP contribution < -0.4 is 5.32 Å². The molecule has 1 heterocycles. The third-order valence-electron chi connectivity index (χ3n) is 3.71. The molecule has 24 heavy (non-hydrogen) atoms. The van der Waals surface area contributed by atoms with E-state index in [1.54, 1.807) is 6.33 Å². The Morgan fingerprint density at radius 3 is 2.54 bits per heavy atom. The number of aromatic nitrogens is 2. The second-order valence-corrected chi connectivity index (χ2v) is 7.49. The maximum atomic E-state index is 12.1. The van der Waals surface area contributed by atoms with Crippen LogP contribution in [0.2, 0.25) is 0 Å². The predicted octanol–water partition coefficient (Wildman–Crippen LogP) is 1.87. The number of nitrogens with zero attached hydrogens (tertiary/aromatic N) is 2. The molecule has 0 unspecified atom stereocenters. The van der Waals surface area contributed by atoms with Crippen LogP contribution >= 0.6 is 0 Å². The molecule has 0 fully saturated rings. The number of carbonyl (C=O) groups excluding carboxylic acids is 1. The Morgan fingerprint density at radius 2 is 1.83 bits per heavy atom. The molecule has 3 rings (SSSR count). The molecule has 0 bridgehead atoms. The van der Waals surface area contributed by atoms with Gasteiger partial charge in [-0.15, -0.1) is 0 Å². The van der Waals surface area contributed by atoms with E-state index in [-0.39, 0.29) is 10.8 Å². The summed E-state index contributed by atoms with van der Waals surface area (Å²) in [6, 6.07) is 13.7. The lowest BCUT2D eigenvalue weighted by molar-refractivity contribution is 0.0952. The van der Waals surface area contributed by atoms with Gasteiger partial charge in [-0.1, -0.05) is 12.1 Å². The summed E-state index contributed by atoms with van der Waals surface area (Å²) in [5.74, 6) is -0.237. The van der Waals surface area contributed by atoms with Crippen LogP contribution in [0.4, 0.5) is 0 Å². The van der Waals surface area contributed by atoms with Gasteiger partial charge in [-0.05, 0) is 36.4 Å². The van der Waals surface area contributed by atoms with Gasteiger partial charge in [0.15, 0.2) is 9.84 Å². The minimum Gasteiger partial charge on any atom is -0.350 e. The van der Waals surface area contributed by atoms with Crippen molar-refractivity contribution in [2.45, 2.75) is 11.4 Å². The largest absolute Gasteiger partial charge is 0.350 e. The molecule has 0 aliphatic rings. The monoisotopic (exact) mass is 343 g/mol. The van der Waals surface area contributed by atoms with Crippen LogP contribution in [0.5, 0.6) is 0 Å². The number of imidazole rings is 1. The molecule has 0 atom stereocenters. The van der Waals surface area contributed by atoms with Crippen LogP contribution in [0.15, 0.2) is 59.8 Å². The summed E-state index contributed by atoms with van der Waals surface area (Å²) in [7, 11) is -3.25.